The van der Waals surface area contributed by atoms with Crippen molar-refractivity contribution in [2.45, 2.75) is 51.0 Å². The van der Waals surface area contributed by atoms with Gasteiger partial charge in [-0.2, -0.15) is 0 Å². The van der Waals surface area contributed by atoms with Gasteiger partial charge in [0, 0.05) is 47.0 Å². The van der Waals surface area contributed by atoms with Crippen LogP contribution in [0.5, 0.6) is 0 Å². The summed E-state index contributed by atoms with van der Waals surface area (Å²) in [5.41, 5.74) is 8.57. The molecule has 144 valence electrons. The summed E-state index contributed by atoms with van der Waals surface area (Å²) in [6.45, 7) is 5.56. The number of primary amides is 1. The number of nitrogens with two attached hydrogens (primary N) is 1. The highest BCUT2D eigenvalue weighted by molar-refractivity contribution is 5.91. The summed E-state index contributed by atoms with van der Waals surface area (Å²) in [4.78, 5) is 25.3. The summed E-state index contributed by atoms with van der Waals surface area (Å²) in [6.07, 6.45) is 7.40. The minimum atomic E-state index is -0.796. The number of rotatable bonds is 5. The number of aromatic nitrogens is 3. The van der Waals surface area contributed by atoms with E-state index >= 15 is 0 Å². The maximum atomic E-state index is 11.8. The van der Waals surface area contributed by atoms with Crippen LogP contribution in [-0.4, -0.2) is 31.6 Å². The number of fused-ring (bicyclic) bond motifs is 1. The summed E-state index contributed by atoms with van der Waals surface area (Å²) >= 11 is 0. The second-order valence-electron chi connectivity index (χ2n) is 8.41. The molecule has 1 aliphatic carbocycles. The SMILES string of the molecule is Cc1cc(CC(C)(C)O)ncc1-c1cc2cnc(C3(C(N)=O)CC3)cc2cn1. The zero-order valence-electron chi connectivity index (χ0n) is 16.4. The highest BCUT2D eigenvalue weighted by atomic mass is 16.3. The van der Waals surface area contributed by atoms with Crippen molar-refractivity contribution >= 4 is 16.7 Å². The van der Waals surface area contributed by atoms with Crippen molar-refractivity contribution in [3.8, 4) is 11.3 Å². The molecule has 28 heavy (non-hydrogen) atoms. The third-order valence-corrected chi connectivity index (χ3v) is 5.37. The van der Waals surface area contributed by atoms with Crippen LogP contribution in [0.3, 0.4) is 0 Å². The van der Waals surface area contributed by atoms with Crippen LogP contribution in [0.2, 0.25) is 0 Å². The Morgan fingerprint density at radius 1 is 1.11 bits per heavy atom. The van der Waals surface area contributed by atoms with Gasteiger partial charge in [-0.25, -0.2) is 0 Å². The second-order valence-corrected chi connectivity index (χ2v) is 8.41. The van der Waals surface area contributed by atoms with Crippen molar-refractivity contribution in [2.24, 2.45) is 5.73 Å². The molecule has 0 spiro atoms. The van der Waals surface area contributed by atoms with E-state index in [9.17, 15) is 9.90 Å². The number of carbonyl (C=O) groups is 1. The van der Waals surface area contributed by atoms with Crippen molar-refractivity contribution in [1.29, 1.82) is 0 Å². The van der Waals surface area contributed by atoms with E-state index in [0.717, 1.165) is 51.8 Å². The molecule has 0 aromatic carbocycles. The normalized spacial score (nSPS) is 15.6. The van der Waals surface area contributed by atoms with Gasteiger partial charge in [0.05, 0.1) is 22.4 Å². The lowest BCUT2D eigenvalue weighted by Gasteiger charge is -2.17. The summed E-state index contributed by atoms with van der Waals surface area (Å²) in [6, 6.07) is 5.89. The van der Waals surface area contributed by atoms with Gasteiger partial charge in [0.15, 0.2) is 0 Å². The van der Waals surface area contributed by atoms with Crippen molar-refractivity contribution in [2.75, 3.05) is 0 Å². The monoisotopic (exact) mass is 376 g/mol. The molecule has 1 saturated carbocycles. The molecule has 6 nitrogen and oxygen atoms in total. The zero-order valence-corrected chi connectivity index (χ0v) is 16.4. The Kier molecular flexibility index (Phi) is 4.19. The zero-order chi connectivity index (χ0) is 20.1. The van der Waals surface area contributed by atoms with Gasteiger partial charge in [-0.1, -0.05) is 0 Å². The standard InChI is InChI=1S/C22H24N4O2/c1-13-6-16(9-21(2,3)28)24-12-17(13)18-7-14-11-26-19(8-15(14)10-25-18)22(4-5-22)20(23)27/h6-8,10-12,28H,4-5,9H2,1-3H3,(H2,23,27). The van der Waals surface area contributed by atoms with Crippen LogP contribution >= 0.6 is 0 Å². The van der Waals surface area contributed by atoms with Crippen LogP contribution in [0.1, 0.15) is 43.6 Å². The smallest absolute Gasteiger partial charge is 0.229 e. The maximum Gasteiger partial charge on any atom is 0.229 e. The number of hydrogen-bond acceptors (Lipinski definition) is 5. The molecule has 3 heterocycles. The van der Waals surface area contributed by atoms with Gasteiger partial charge in [-0.3, -0.25) is 19.7 Å². The van der Waals surface area contributed by atoms with Crippen LogP contribution in [-0.2, 0) is 16.6 Å². The van der Waals surface area contributed by atoms with E-state index < -0.39 is 11.0 Å². The fourth-order valence-electron chi connectivity index (χ4n) is 3.62. The number of pyridine rings is 3. The van der Waals surface area contributed by atoms with Crippen molar-refractivity contribution < 1.29 is 9.90 Å². The number of carbonyl (C=O) groups excluding carboxylic acids is 1. The largest absolute Gasteiger partial charge is 0.390 e. The molecule has 0 radical (unpaired) electrons. The number of aliphatic hydroxyl groups is 1. The van der Waals surface area contributed by atoms with Gasteiger partial charge in [0.25, 0.3) is 0 Å². The topological polar surface area (TPSA) is 102 Å². The average Bonchev–Trinajstić information content (AvgIpc) is 3.42. The Bertz CT molecular complexity index is 1080. The van der Waals surface area contributed by atoms with Crippen molar-refractivity contribution in [3.63, 3.8) is 0 Å². The quantitative estimate of drug-likeness (QED) is 0.713. The van der Waals surface area contributed by atoms with Crippen LogP contribution in [0.15, 0.2) is 36.8 Å². The number of amides is 1. The van der Waals surface area contributed by atoms with E-state index in [0.29, 0.717) is 6.42 Å². The Labute approximate surface area is 163 Å². The van der Waals surface area contributed by atoms with Gasteiger partial charge in [0.1, 0.15) is 0 Å². The average molecular weight is 376 g/mol. The number of nitrogens with zero attached hydrogens (tertiary/aromatic N) is 3. The number of aryl methyl sites for hydroxylation is 1. The predicted octanol–water partition coefficient (Wildman–Crippen LogP) is 2.83. The van der Waals surface area contributed by atoms with Gasteiger partial charge in [-0.15, -0.1) is 0 Å². The third kappa shape index (κ3) is 3.36. The van der Waals surface area contributed by atoms with E-state index in [-0.39, 0.29) is 5.91 Å². The molecule has 1 aliphatic rings. The predicted molar refractivity (Wildman–Crippen MR) is 108 cm³/mol. The lowest BCUT2D eigenvalue weighted by Crippen LogP contribution is -2.29. The fourth-order valence-corrected chi connectivity index (χ4v) is 3.62. The van der Waals surface area contributed by atoms with Crippen molar-refractivity contribution in [3.05, 3.63) is 53.7 Å². The van der Waals surface area contributed by atoms with E-state index in [4.69, 9.17) is 5.73 Å². The minimum absolute atomic E-state index is 0.309. The molecule has 0 atom stereocenters. The molecule has 1 amide bonds. The minimum Gasteiger partial charge on any atom is -0.390 e. The van der Waals surface area contributed by atoms with Crippen LogP contribution in [0, 0.1) is 6.92 Å². The van der Waals surface area contributed by atoms with Crippen LogP contribution < -0.4 is 5.73 Å². The molecular weight excluding hydrogens is 352 g/mol. The molecule has 6 heteroatoms. The summed E-state index contributed by atoms with van der Waals surface area (Å²) < 4.78 is 0. The van der Waals surface area contributed by atoms with Gasteiger partial charge < -0.3 is 10.8 Å². The van der Waals surface area contributed by atoms with E-state index in [2.05, 4.69) is 15.0 Å². The van der Waals surface area contributed by atoms with Gasteiger partial charge in [-0.05, 0) is 57.4 Å². The first-order valence-corrected chi connectivity index (χ1v) is 9.42. The molecule has 0 bridgehead atoms. The number of hydrogen-bond donors (Lipinski definition) is 2. The van der Waals surface area contributed by atoms with Gasteiger partial charge in [0.2, 0.25) is 5.91 Å². The van der Waals surface area contributed by atoms with Crippen molar-refractivity contribution in [1.82, 2.24) is 15.0 Å². The summed E-state index contributed by atoms with van der Waals surface area (Å²) in [5.74, 6) is -0.309. The Morgan fingerprint density at radius 3 is 2.39 bits per heavy atom. The molecule has 0 aliphatic heterocycles. The summed E-state index contributed by atoms with van der Waals surface area (Å²) in [7, 11) is 0. The Balaban J connectivity index is 1.68. The lowest BCUT2D eigenvalue weighted by atomic mass is 9.98. The van der Waals surface area contributed by atoms with Crippen LogP contribution in [0.25, 0.3) is 22.0 Å². The second kappa shape index (κ2) is 6.34. The molecule has 4 rings (SSSR count). The fraction of sp³-hybridized carbons (Fsp3) is 0.364. The molecule has 1 fully saturated rings. The highest BCUT2D eigenvalue weighted by Crippen LogP contribution is 2.47. The third-order valence-electron chi connectivity index (χ3n) is 5.37. The first-order valence-electron chi connectivity index (χ1n) is 9.42. The molecule has 3 aromatic rings. The first-order chi connectivity index (χ1) is 13.2. The summed E-state index contributed by atoms with van der Waals surface area (Å²) in [5, 5.41) is 11.9. The first kappa shape index (κ1) is 18.5. The molecule has 3 aromatic heterocycles. The molecule has 0 unspecified atom stereocenters. The van der Waals surface area contributed by atoms with Gasteiger partial charge >= 0.3 is 0 Å². The lowest BCUT2D eigenvalue weighted by molar-refractivity contribution is -0.120. The van der Waals surface area contributed by atoms with E-state index in [1.165, 1.54) is 0 Å². The maximum absolute atomic E-state index is 11.8. The highest BCUT2D eigenvalue weighted by Gasteiger charge is 2.51. The Morgan fingerprint density at radius 2 is 1.79 bits per heavy atom. The molecular formula is C22H24N4O2. The van der Waals surface area contributed by atoms with Crippen LogP contribution in [0.4, 0.5) is 0 Å². The van der Waals surface area contributed by atoms with E-state index in [1.54, 1.807) is 32.4 Å². The molecule has 0 saturated heterocycles. The molecule has 3 N–H and O–H groups in total. The Hall–Kier alpha value is -2.86. The van der Waals surface area contributed by atoms with E-state index in [1.807, 2.05) is 25.1 Å².